The number of fused-ring (bicyclic) bond motifs is 5. The van der Waals surface area contributed by atoms with Crippen molar-refractivity contribution in [3.63, 3.8) is 0 Å². The molecule has 3 saturated carbocycles. The highest BCUT2D eigenvalue weighted by molar-refractivity contribution is 5.66. The minimum Gasteiger partial charge on any atom is -0.462 e. The molecule has 0 saturated heterocycles. The van der Waals surface area contributed by atoms with Gasteiger partial charge in [-0.05, 0) is 91.3 Å². The molecule has 0 N–H and O–H groups in total. The maximum absolute atomic E-state index is 11.5. The van der Waals surface area contributed by atoms with Gasteiger partial charge in [0.2, 0.25) is 0 Å². The number of carbonyl (C=O) groups is 1. The van der Waals surface area contributed by atoms with Gasteiger partial charge in [0.05, 0.1) is 0 Å². The molecule has 8 atom stereocenters. The van der Waals surface area contributed by atoms with Crippen molar-refractivity contribution >= 4 is 5.97 Å². The van der Waals surface area contributed by atoms with Gasteiger partial charge in [0.1, 0.15) is 6.10 Å². The lowest BCUT2D eigenvalue weighted by Gasteiger charge is -2.55. The number of rotatable bonds is 7. The summed E-state index contributed by atoms with van der Waals surface area (Å²) in [5.74, 6) is 4.77. The van der Waals surface area contributed by atoms with E-state index in [1.807, 2.05) is 0 Å². The molecule has 3 fully saturated rings. The summed E-state index contributed by atoms with van der Waals surface area (Å²) in [5, 5.41) is 0. The minimum absolute atomic E-state index is 0.0835. The Morgan fingerprint density at radius 3 is 2.45 bits per heavy atom. The molecule has 0 aromatic heterocycles. The van der Waals surface area contributed by atoms with Crippen LogP contribution in [0.2, 0.25) is 0 Å². The van der Waals surface area contributed by atoms with Crippen LogP contribution < -0.4 is 0 Å². The second kappa shape index (κ2) is 9.54. The van der Waals surface area contributed by atoms with E-state index in [2.05, 4.69) is 53.7 Å². The van der Waals surface area contributed by atoms with E-state index < -0.39 is 0 Å². The molecule has 0 amide bonds. The van der Waals surface area contributed by atoms with Gasteiger partial charge in [-0.3, -0.25) is 4.79 Å². The van der Waals surface area contributed by atoms with Crippen LogP contribution in [0.5, 0.6) is 0 Å². The third-order valence-corrected chi connectivity index (χ3v) is 11.1. The first-order valence-electron chi connectivity index (χ1n) is 14.2. The molecule has 0 spiro atoms. The van der Waals surface area contributed by atoms with Crippen LogP contribution in [-0.4, -0.2) is 12.1 Å². The normalized spacial score (nSPS) is 39.6. The van der Waals surface area contributed by atoms with Crippen LogP contribution in [0.15, 0.2) is 23.3 Å². The molecular formula is C31H50O2. The summed E-state index contributed by atoms with van der Waals surface area (Å²) in [6, 6.07) is 0. The van der Waals surface area contributed by atoms with Gasteiger partial charge in [-0.25, -0.2) is 0 Å². The van der Waals surface area contributed by atoms with Crippen LogP contribution in [0.1, 0.15) is 113 Å². The topological polar surface area (TPSA) is 26.3 Å². The van der Waals surface area contributed by atoms with Crippen LogP contribution >= 0.6 is 0 Å². The highest BCUT2D eigenvalue weighted by atomic mass is 16.5. The molecule has 0 bridgehead atoms. The molecule has 186 valence electrons. The molecule has 2 heteroatoms. The van der Waals surface area contributed by atoms with Crippen LogP contribution in [0, 0.1) is 46.3 Å². The van der Waals surface area contributed by atoms with Gasteiger partial charge in [-0.1, -0.05) is 77.7 Å². The fourth-order valence-electron chi connectivity index (χ4n) is 8.97. The van der Waals surface area contributed by atoms with Crippen LogP contribution in [0.25, 0.3) is 0 Å². The first-order chi connectivity index (χ1) is 15.6. The van der Waals surface area contributed by atoms with Gasteiger partial charge >= 0.3 is 5.97 Å². The van der Waals surface area contributed by atoms with E-state index >= 15 is 0 Å². The Morgan fingerprint density at radius 2 is 1.79 bits per heavy atom. The van der Waals surface area contributed by atoms with Crippen LogP contribution in [-0.2, 0) is 9.53 Å². The molecule has 4 rings (SSSR count). The van der Waals surface area contributed by atoms with Crippen LogP contribution in [0.4, 0.5) is 0 Å². The molecule has 0 heterocycles. The van der Waals surface area contributed by atoms with Gasteiger partial charge in [0.25, 0.3) is 0 Å². The average molecular weight is 455 g/mol. The van der Waals surface area contributed by atoms with Crippen molar-refractivity contribution < 1.29 is 9.53 Å². The molecule has 33 heavy (non-hydrogen) atoms. The maximum Gasteiger partial charge on any atom is 0.302 e. The molecule has 0 radical (unpaired) electrons. The Bertz CT molecular complexity index is 791. The van der Waals surface area contributed by atoms with E-state index in [0.717, 1.165) is 48.9 Å². The molecular weight excluding hydrogens is 404 g/mol. The van der Waals surface area contributed by atoms with E-state index in [9.17, 15) is 4.79 Å². The number of hydrogen-bond donors (Lipinski definition) is 0. The van der Waals surface area contributed by atoms with E-state index in [0.29, 0.717) is 11.3 Å². The van der Waals surface area contributed by atoms with E-state index in [4.69, 9.17) is 4.74 Å². The van der Waals surface area contributed by atoms with E-state index in [1.54, 1.807) is 18.1 Å². The predicted octanol–water partition coefficient (Wildman–Crippen LogP) is 8.52. The Morgan fingerprint density at radius 1 is 1.03 bits per heavy atom. The minimum atomic E-state index is -0.130. The monoisotopic (exact) mass is 454 g/mol. The Hall–Kier alpha value is -1.05. The second-order valence-electron chi connectivity index (χ2n) is 13.1. The SMILES string of the molecule is CC[C@H](CC[C@H](C)[C@@H]1CC[C@@H]2C3=CC=C4C[C@H](OC(C)=O)CC[C@]4(C)[C@H]3CC[C@@]21C)C(C)C. The summed E-state index contributed by atoms with van der Waals surface area (Å²) in [4.78, 5) is 11.5. The summed E-state index contributed by atoms with van der Waals surface area (Å²) in [6.45, 7) is 16.5. The fraction of sp³-hybridized carbons (Fsp3) is 0.839. The largest absolute Gasteiger partial charge is 0.462 e. The molecule has 0 unspecified atom stereocenters. The Balaban J connectivity index is 1.49. The van der Waals surface area contributed by atoms with E-state index in [-0.39, 0.29) is 17.5 Å². The number of ether oxygens (including phenoxy) is 1. The van der Waals surface area contributed by atoms with Crippen molar-refractivity contribution in [3.05, 3.63) is 23.3 Å². The molecule has 0 aromatic carbocycles. The van der Waals surface area contributed by atoms with Gasteiger partial charge < -0.3 is 4.74 Å². The van der Waals surface area contributed by atoms with Crippen LogP contribution in [0.3, 0.4) is 0 Å². The second-order valence-corrected chi connectivity index (χ2v) is 13.1. The van der Waals surface area contributed by atoms with Crippen molar-refractivity contribution in [1.29, 1.82) is 0 Å². The predicted molar refractivity (Wildman–Crippen MR) is 138 cm³/mol. The Labute approximate surface area is 204 Å². The van der Waals surface area contributed by atoms with Gasteiger partial charge in [-0.15, -0.1) is 0 Å². The highest BCUT2D eigenvalue weighted by Crippen LogP contribution is 2.66. The standard InChI is InChI=1S/C31H50O2/c1-8-23(20(2)3)10-9-21(4)27-13-14-28-26-12-11-24-19-25(33-22(5)32)15-17-30(24,6)29(26)16-18-31(27,28)7/h11-12,20-21,23,25,27-29H,8-10,13-19H2,1-7H3/t21-,23+,25+,27-,28+,29-,30-,31+/m0/s1. The van der Waals surface area contributed by atoms with Gasteiger partial charge in [0, 0.05) is 13.3 Å². The molecule has 2 nitrogen and oxygen atoms in total. The smallest absolute Gasteiger partial charge is 0.302 e. The van der Waals surface area contributed by atoms with Crippen molar-refractivity contribution in [2.75, 3.05) is 0 Å². The lowest BCUT2D eigenvalue weighted by Crippen LogP contribution is -2.46. The summed E-state index contributed by atoms with van der Waals surface area (Å²) in [5.41, 5.74) is 4.08. The third kappa shape index (κ3) is 4.50. The molecule has 4 aliphatic rings. The van der Waals surface area contributed by atoms with Crippen molar-refractivity contribution in [2.24, 2.45) is 46.3 Å². The maximum atomic E-state index is 11.5. The fourth-order valence-corrected chi connectivity index (χ4v) is 8.97. The molecule has 0 aliphatic heterocycles. The van der Waals surface area contributed by atoms with Crippen molar-refractivity contribution in [1.82, 2.24) is 0 Å². The third-order valence-electron chi connectivity index (χ3n) is 11.1. The van der Waals surface area contributed by atoms with E-state index in [1.165, 1.54) is 44.9 Å². The quantitative estimate of drug-likeness (QED) is 0.360. The molecule has 4 aliphatic carbocycles. The van der Waals surface area contributed by atoms with Crippen molar-refractivity contribution in [2.45, 2.75) is 119 Å². The van der Waals surface area contributed by atoms with Gasteiger partial charge in [-0.2, -0.15) is 0 Å². The van der Waals surface area contributed by atoms with Crippen molar-refractivity contribution in [3.8, 4) is 0 Å². The zero-order valence-corrected chi connectivity index (χ0v) is 22.6. The van der Waals surface area contributed by atoms with Gasteiger partial charge in [0.15, 0.2) is 0 Å². The number of hydrogen-bond acceptors (Lipinski definition) is 2. The summed E-state index contributed by atoms with van der Waals surface area (Å²) < 4.78 is 5.61. The first kappa shape index (κ1) is 25.1. The zero-order valence-electron chi connectivity index (χ0n) is 22.6. The number of allylic oxidation sites excluding steroid dienone is 3. The Kier molecular flexibility index (Phi) is 7.24. The lowest BCUT2D eigenvalue weighted by atomic mass is 9.50. The zero-order chi connectivity index (χ0) is 24.0. The summed E-state index contributed by atoms with van der Waals surface area (Å²) >= 11 is 0. The number of carbonyl (C=O) groups excluding carboxylic acids is 1. The average Bonchev–Trinajstić information content (AvgIpc) is 3.11. The highest BCUT2D eigenvalue weighted by Gasteiger charge is 2.57. The summed E-state index contributed by atoms with van der Waals surface area (Å²) in [6.07, 6.45) is 17.9. The lowest BCUT2D eigenvalue weighted by molar-refractivity contribution is -0.148. The number of esters is 1. The summed E-state index contributed by atoms with van der Waals surface area (Å²) in [7, 11) is 0. The molecule has 0 aromatic rings. The first-order valence-corrected chi connectivity index (χ1v) is 14.2.